The Morgan fingerprint density at radius 1 is 1.17 bits per heavy atom. The highest BCUT2D eigenvalue weighted by atomic mass is 35.5. The molecule has 30 heavy (non-hydrogen) atoms. The van der Waals surface area contributed by atoms with Crippen LogP contribution in [0.4, 0.5) is 5.69 Å². The molecule has 2 amide bonds. The van der Waals surface area contributed by atoms with Gasteiger partial charge in [-0.05, 0) is 62.7 Å². The van der Waals surface area contributed by atoms with Gasteiger partial charge in [0, 0.05) is 18.0 Å². The number of carbonyl (C=O) groups is 2. The molecule has 1 aliphatic heterocycles. The first-order chi connectivity index (χ1) is 14.3. The predicted octanol–water partition coefficient (Wildman–Crippen LogP) is 3.92. The summed E-state index contributed by atoms with van der Waals surface area (Å²) >= 11 is 5.95. The zero-order chi connectivity index (χ0) is 21.7. The molecule has 2 aromatic carbocycles. The van der Waals surface area contributed by atoms with Crippen LogP contribution >= 0.6 is 11.6 Å². The third-order valence-corrected chi connectivity index (χ3v) is 6.06. The van der Waals surface area contributed by atoms with E-state index in [-0.39, 0.29) is 29.5 Å². The van der Waals surface area contributed by atoms with Crippen LogP contribution in [-0.2, 0) is 9.59 Å². The molecule has 1 heterocycles. The van der Waals surface area contributed by atoms with Crippen molar-refractivity contribution in [3.63, 3.8) is 0 Å². The summed E-state index contributed by atoms with van der Waals surface area (Å²) in [5.41, 5.74) is 1.47. The van der Waals surface area contributed by atoms with Gasteiger partial charge in [0.1, 0.15) is 5.75 Å². The summed E-state index contributed by atoms with van der Waals surface area (Å²) in [5.74, 6) is -0.0982. The number of aromatic hydroxyl groups is 1. The van der Waals surface area contributed by atoms with Crippen LogP contribution in [0.25, 0.3) is 0 Å². The quantitative estimate of drug-likeness (QED) is 0.683. The molecule has 0 saturated carbocycles. The normalized spacial score (nSPS) is 16.1. The molecule has 7 heteroatoms. The van der Waals surface area contributed by atoms with Gasteiger partial charge in [-0.2, -0.15) is 0 Å². The molecule has 2 aromatic rings. The molecule has 1 saturated heterocycles. The fourth-order valence-electron chi connectivity index (χ4n) is 3.65. The van der Waals surface area contributed by atoms with Crippen molar-refractivity contribution in [1.29, 1.82) is 0 Å². The van der Waals surface area contributed by atoms with E-state index in [1.165, 1.54) is 0 Å². The summed E-state index contributed by atoms with van der Waals surface area (Å²) in [6.45, 7) is 3.71. The Labute approximate surface area is 182 Å². The lowest BCUT2D eigenvalue weighted by atomic mass is 9.95. The van der Waals surface area contributed by atoms with Crippen LogP contribution in [0.5, 0.6) is 5.75 Å². The molecule has 0 bridgehead atoms. The number of nitrogens with zero attached hydrogens (tertiary/aromatic N) is 2. The molecule has 0 spiro atoms. The van der Waals surface area contributed by atoms with E-state index >= 15 is 0 Å². The van der Waals surface area contributed by atoms with Crippen molar-refractivity contribution in [1.82, 2.24) is 9.80 Å². The first kappa shape index (κ1) is 22.1. The first-order valence-corrected chi connectivity index (χ1v) is 10.5. The smallest absolute Gasteiger partial charge is 0.236 e. The molecule has 0 aromatic heterocycles. The van der Waals surface area contributed by atoms with Crippen LogP contribution < -0.4 is 5.32 Å². The molecule has 6 nitrogen and oxygen atoms in total. The number of anilines is 1. The fourth-order valence-corrected chi connectivity index (χ4v) is 3.78. The second kappa shape index (κ2) is 9.96. The van der Waals surface area contributed by atoms with Gasteiger partial charge in [0.05, 0.1) is 18.3 Å². The molecule has 0 radical (unpaired) electrons. The Morgan fingerprint density at radius 3 is 2.43 bits per heavy atom. The van der Waals surface area contributed by atoms with Crippen LogP contribution in [0, 0.1) is 5.92 Å². The van der Waals surface area contributed by atoms with E-state index < -0.39 is 0 Å². The molecule has 1 aliphatic rings. The lowest BCUT2D eigenvalue weighted by Gasteiger charge is -2.33. The number of benzene rings is 2. The minimum absolute atomic E-state index is 0.0448. The molecule has 1 unspecified atom stereocenters. The van der Waals surface area contributed by atoms with Crippen molar-refractivity contribution in [2.45, 2.75) is 25.8 Å². The van der Waals surface area contributed by atoms with E-state index in [0.717, 1.165) is 5.56 Å². The Morgan fingerprint density at radius 2 is 1.80 bits per heavy atom. The van der Waals surface area contributed by atoms with Gasteiger partial charge >= 0.3 is 0 Å². The SMILES string of the molecule is CC(c1ccc(Cl)cc1)N(C)C(=O)CN1CCC(C(=O)Nc2ccccc2O)CC1. The number of likely N-dealkylation sites (tertiary alicyclic amines) is 1. The predicted molar refractivity (Wildman–Crippen MR) is 119 cm³/mol. The van der Waals surface area contributed by atoms with Gasteiger partial charge in [-0.3, -0.25) is 14.5 Å². The van der Waals surface area contributed by atoms with Crippen molar-refractivity contribution in [2.24, 2.45) is 5.92 Å². The second-order valence-corrected chi connectivity index (χ2v) is 8.23. The number of hydrogen-bond donors (Lipinski definition) is 2. The van der Waals surface area contributed by atoms with Crippen LogP contribution in [0.2, 0.25) is 5.02 Å². The topological polar surface area (TPSA) is 72.9 Å². The van der Waals surface area contributed by atoms with E-state index in [1.807, 2.05) is 38.2 Å². The minimum Gasteiger partial charge on any atom is -0.506 e. The van der Waals surface area contributed by atoms with Gasteiger partial charge in [0.15, 0.2) is 0 Å². The zero-order valence-corrected chi connectivity index (χ0v) is 18.1. The molecular formula is C23H28ClN3O3. The van der Waals surface area contributed by atoms with Gasteiger partial charge in [-0.1, -0.05) is 35.9 Å². The highest BCUT2D eigenvalue weighted by Gasteiger charge is 2.27. The van der Waals surface area contributed by atoms with Gasteiger partial charge in [-0.25, -0.2) is 0 Å². The summed E-state index contributed by atoms with van der Waals surface area (Å²) in [5, 5.41) is 13.3. The molecule has 1 atom stereocenters. The molecular weight excluding hydrogens is 402 g/mol. The van der Waals surface area contributed by atoms with Gasteiger partial charge in [0.25, 0.3) is 0 Å². The standard InChI is InChI=1S/C23H28ClN3O3/c1-16(17-7-9-19(24)10-8-17)26(2)22(29)15-27-13-11-18(12-14-27)23(30)25-20-5-3-4-6-21(20)28/h3-10,16,18,28H,11-15H2,1-2H3,(H,25,30). The molecule has 0 aliphatic carbocycles. The van der Waals surface area contributed by atoms with Gasteiger partial charge in [-0.15, -0.1) is 0 Å². The average molecular weight is 430 g/mol. The minimum atomic E-state index is -0.123. The number of phenolic OH excluding ortho intramolecular Hbond substituents is 1. The van der Waals surface area contributed by atoms with Gasteiger partial charge < -0.3 is 15.3 Å². The number of carbonyl (C=O) groups excluding carboxylic acids is 2. The van der Waals surface area contributed by atoms with Gasteiger partial charge in [0.2, 0.25) is 11.8 Å². The van der Waals surface area contributed by atoms with Crippen LogP contribution in [0.15, 0.2) is 48.5 Å². The van der Waals surface area contributed by atoms with E-state index in [1.54, 1.807) is 29.2 Å². The summed E-state index contributed by atoms with van der Waals surface area (Å²) < 4.78 is 0. The lowest BCUT2D eigenvalue weighted by molar-refractivity contribution is -0.133. The number of phenols is 1. The molecule has 3 rings (SSSR count). The largest absolute Gasteiger partial charge is 0.506 e. The van der Waals surface area contributed by atoms with E-state index in [4.69, 9.17) is 11.6 Å². The number of nitrogens with one attached hydrogen (secondary N) is 1. The van der Waals surface area contributed by atoms with Crippen molar-refractivity contribution < 1.29 is 14.7 Å². The van der Waals surface area contributed by atoms with Crippen LogP contribution in [0.3, 0.4) is 0 Å². The number of piperidine rings is 1. The first-order valence-electron chi connectivity index (χ1n) is 10.2. The number of amides is 2. The van der Waals surface area contributed by atoms with Crippen molar-refractivity contribution >= 4 is 29.1 Å². The summed E-state index contributed by atoms with van der Waals surface area (Å²) in [6, 6.07) is 14.2. The number of rotatable bonds is 6. The molecule has 160 valence electrons. The Kier molecular flexibility index (Phi) is 7.34. The second-order valence-electron chi connectivity index (χ2n) is 7.79. The van der Waals surface area contributed by atoms with Crippen molar-refractivity contribution in [3.05, 3.63) is 59.1 Å². The Hall–Kier alpha value is -2.57. The third-order valence-electron chi connectivity index (χ3n) is 5.81. The number of likely N-dealkylation sites (N-methyl/N-ethyl adjacent to an activating group) is 1. The maximum Gasteiger partial charge on any atom is 0.236 e. The van der Waals surface area contributed by atoms with Crippen LogP contribution in [0.1, 0.15) is 31.4 Å². The number of halogens is 1. The molecule has 1 fully saturated rings. The van der Waals surface area contributed by atoms with E-state index in [0.29, 0.717) is 43.2 Å². The number of para-hydroxylation sites is 2. The molecule has 2 N–H and O–H groups in total. The van der Waals surface area contributed by atoms with Crippen molar-refractivity contribution in [3.8, 4) is 5.75 Å². The maximum atomic E-state index is 12.7. The van der Waals surface area contributed by atoms with Crippen LogP contribution in [-0.4, -0.2) is 53.4 Å². The van der Waals surface area contributed by atoms with E-state index in [9.17, 15) is 14.7 Å². The van der Waals surface area contributed by atoms with E-state index in [2.05, 4.69) is 10.2 Å². The Bertz CT molecular complexity index is 880. The number of hydrogen-bond acceptors (Lipinski definition) is 4. The average Bonchev–Trinajstić information content (AvgIpc) is 2.75. The third kappa shape index (κ3) is 5.52. The highest BCUT2D eigenvalue weighted by Crippen LogP contribution is 2.25. The van der Waals surface area contributed by atoms with Crippen molar-refractivity contribution in [2.75, 3.05) is 32.0 Å². The zero-order valence-electron chi connectivity index (χ0n) is 17.3. The maximum absolute atomic E-state index is 12.7. The lowest BCUT2D eigenvalue weighted by Crippen LogP contribution is -2.44. The summed E-state index contributed by atoms with van der Waals surface area (Å²) in [7, 11) is 1.81. The fraction of sp³-hybridized carbons (Fsp3) is 0.391. The summed E-state index contributed by atoms with van der Waals surface area (Å²) in [6.07, 6.45) is 1.37. The summed E-state index contributed by atoms with van der Waals surface area (Å²) in [4.78, 5) is 29.1. The highest BCUT2D eigenvalue weighted by molar-refractivity contribution is 6.30. The monoisotopic (exact) mass is 429 g/mol. The Balaban J connectivity index is 1.47.